The molecule has 2 N–H and O–H groups in total. The second-order valence-electron chi connectivity index (χ2n) is 4.43. The number of carbonyl (C=O) groups is 1. The molecule has 2 aromatic carbocycles. The van der Waals surface area contributed by atoms with Crippen LogP contribution in [0.15, 0.2) is 42.5 Å². The first-order chi connectivity index (χ1) is 9.63. The molecular formula is C16H14N2O2. The predicted octanol–water partition coefficient (Wildman–Crippen LogP) is 3.18. The lowest BCUT2D eigenvalue weighted by Gasteiger charge is -2.11. The minimum Gasteiger partial charge on any atom is -0.478 e. The highest BCUT2D eigenvalue weighted by Crippen LogP contribution is 2.20. The van der Waals surface area contributed by atoms with Crippen LogP contribution in [0.5, 0.6) is 0 Å². The van der Waals surface area contributed by atoms with E-state index in [0.717, 1.165) is 5.56 Å². The standard InChI is InChI=1S/C16H14N2O2/c1-11-5-4-8-15(14(11)9-17)18-10-12-6-2-3-7-13(12)16(19)20/h2-8,18H,10H2,1H3,(H,19,20). The molecule has 0 heterocycles. The number of nitrogens with zero attached hydrogens (tertiary/aromatic N) is 1. The molecule has 0 unspecified atom stereocenters. The number of hydrogen-bond acceptors (Lipinski definition) is 3. The van der Waals surface area contributed by atoms with Gasteiger partial charge in [-0.25, -0.2) is 4.79 Å². The minimum absolute atomic E-state index is 0.270. The molecule has 2 rings (SSSR count). The monoisotopic (exact) mass is 266 g/mol. The largest absolute Gasteiger partial charge is 0.478 e. The number of carboxylic acid groups (broad SMARTS) is 1. The van der Waals surface area contributed by atoms with Crippen LogP contribution in [0.4, 0.5) is 5.69 Å². The van der Waals surface area contributed by atoms with Crippen LogP contribution in [0.1, 0.15) is 27.0 Å². The van der Waals surface area contributed by atoms with Crippen LogP contribution in [-0.4, -0.2) is 11.1 Å². The molecule has 0 bridgehead atoms. The summed E-state index contributed by atoms with van der Waals surface area (Å²) in [7, 11) is 0. The molecule has 0 aromatic heterocycles. The topological polar surface area (TPSA) is 73.1 Å². The van der Waals surface area contributed by atoms with Gasteiger partial charge in [-0.05, 0) is 30.2 Å². The van der Waals surface area contributed by atoms with E-state index in [2.05, 4.69) is 11.4 Å². The van der Waals surface area contributed by atoms with Crippen molar-refractivity contribution in [3.63, 3.8) is 0 Å². The van der Waals surface area contributed by atoms with Gasteiger partial charge in [0, 0.05) is 6.54 Å². The Balaban J connectivity index is 2.24. The summed E-state index contributed by atoms with van der Waals surface area (Å²) in [5.41, 5.74) is 3.15. The van der Waals surface area contributed by atoms with Crippen LogP contribution < -0.4 is 5.32 Å². The Morgan fingerprint density at radius 3 is 2.70 bits per heavy atom. The maximum absolute atomic E-state index is 11.1. The van der Waals surface area contributed by atoms with Gasteiger partial charge in [0.25, 0.3) is 0 Å². The normalized spacial score (nSPS) is 9.80. The van der Waals surface area contributed by atoms with Gasteiger partial charge in [0.2, 0.25) is 0 Å². The molecule has 20 heavy (non-hydrogen) atoms. The van der Waals surface area contributed by atoms with E-state index in [0.29, 0.717) is 23.4 Å². The number of benzene rings is 2. The Bertz CT molecular complexity index is 687. The van der Waals surface area contributed by atoms with Gasteiger partial charge in [0.1, 0.15) is 6.07 Å². The number of aryl methyl sites for hydroxylation is 1. The van der Waals surface area contributed by atoms with Crippen molar-refractivity contribution >= 4 is 11.7 Å². The fourth-order valence-corrected chi connectivity index (χ4v) is 2.04. The van der Waals surface area contributed by atoms with E-state index in [4.69, 9.17) is 10.4 Å². The van der Waals surface area contributed by atoms with Crippen LogP contribution in [-0.2, 0) is 6.54 Å². The van der Waals surface area contributed by atoms with Gasteiger partial charge in [-0.15, -0.1) is 0 Å². The summed E-state index contributed by atoms with van der Waals surface area (Å²) in [6, 6.07) is 14.5. The molecule has 0 saturated heterocycles. The minimum atomic E-state index is -0.952. The molecule has 4 nitrogen and oxygen atoms in total. The second kappa shape index (κ2) is 5.89. The number of nitriles is 1. The molecule has 0 spiro atoms. The number of hydrogen-bond donors (Lipinski definition) is 2. The van der Waals surface area contributed by atoms with Crippen molar-refractivity contribution in [1.29, 1.82) is 5.26 Å². The lowest BCUT2D eigenvalue weighted by Crippen LogP contribution is -2.08. The summed E-state index contributed by atoms with van der Waals surface area (Å²) in [6.45, 7) is 2.23. The highest BCUT2D eigenvalue weighted by Gasteiger charge is 2.10. The lowest BCUT2D eigenvalue weighted by atomic mass is 10.1. The third-order valence-electron chi connectivity index (χ3n) is 3.10. The van der Waals surface area contributed by atoms with Crippen LogP contribution in [0.2, 0.25) is 0 Å². The summed E-state index contributed by atoms with van der Waals surface area (Å²) >= 11 is 0. The molecule has 0 atom stereocenters. The quantitative estimate of drug-likeness (QED) is 0.891. The number of anilines is 1. The van der Waals surface area contributed by atoms with Crippen LogP contribution >= 0.6 is 0 Å². The van der Waals surface area contributed by atoms with Crippen molar-refractivity contribution in [1.82, 2.24) is 0 Å². The third-order valence-corrected chi connectivity index (χ3v) is 3.10. The van der Waals surface area contributed by atoms with Gasteiger partial charge < -0.3 is 10.4 Å². The molecule has 0 radical (unpaired) electrons. The van der Waals surface area contributed by atoms with Gasteiger partial charge in [0.05, 0.1) is 16.8 Å². The molecule has 0 fully saturated rings. The smallest absolute Gasteiger partial charge is 0.336 e. The zero-order valence-corrected chi connectivity index (χ0v) is 11.1. The summed E-state index contributed by atoms with van der Waals surface area (Å²) in [5.74, 6) is -0.952. The van der Waals surface area contributed by atoms with E-state index in [1.165, 1.54) is 0 Å². The summed E-state index contributed by atoms with van der Waals surface area (Å²) in [4.78, 5) is 11.1. The van der Waals surface area contributed by atoms with E-state index in [-0.39, 0.29) is 5.56 Å². The fourth-order valence-electron chi connectivity index (χ4n) is 2.04. The zero-order valence-electron chi connectivity index (χ0n) is 11.1. The van der Waals surface area contributed by atoms with E-state index in [1.54, 1.807) is 24.3 Å². The Kier molecular flexibility index (Phi) is 4.02. The van der Waals surface area contributed by atoms with Gasteiger partial charge in [-0.3, -0.25) is 0 Å². The highest BCUT2D eigenvalue weighted by molar-refractivity contribution is 5.89. The van der Waals surface area contributed by atoms with Crippen molar-refractivity contribution in [2.75, 3.05) is 5.32 Å². The van der Waals surface area contributed by atoms with E-state index in [1.807, 2.05) is 25.1 Å². The molecule has 100 valence electrons. The number of carboxylic acids is 1. The first-order valence-corrected chi connectivity index (χ1v) is 6.18. The lowest BCUT2D eigenvalue weighted by molar-refractivity contribution is 0.0696. The molecule has 0 saturated carbocycles. The second-order valence-corrected chi connectivity index (χ2v) is 4.43. The van der Waals surface area contributed by atoms with Crippen molar-refractivity contribution in [2.45, 2.75) is 13.5 Å². The molecule has 2 aromatic rings. The van der Waals surface area contributed by atoms with Crippen molar-refractivity contribution in [3.8, 4) is 6.07 Å². The molecular weight excluding hydrogens is 252 g/mol. The highest BCUT2D eigenvalue weighted by atomic mass is 16.4. The molecule has 0 aliphatic heterocycles. The van der Waals surface area contributed by atoms with Crippen molar-refractivity contribution < 1.29 is 9.90 Å². The summed E-state index contributed by atoms with van der Waals surface area (Å²) < 4.78 is 0. The van der Waals surface area contributed by atoms with Gasteiger partial charge in [-0.1, -0.05) is 30.3 Å². The van der Waals surface area contributed by atoms with Crippen molar-refractivity contribution in [2.24, 2.45) is 0 Å². The van der Waals surface area contributed by atoms with E-state index >= 15 is 0 Å². The number of aromatic carboxylic acids is 1. The number of rotatable bonds is 4. The molecule has 0 amide bonds. The number of nitrogens with one attached hydrogen (secondary N) is 1. The first kappa shape index (κ1) is 13.6. The zero-order chi connectivity index (χ0) is 14.5. The van der Waals surface area contributed by atoms with Crippen LogP contribution in [0, 0.1) is 18.3 Å². The van der Waals surface area contributed by atoms with Crippen LogP contribution in [0.25, 0.3) is 0 Å². The molecule has 4 heteroatoms. The summed E-state index contributed by atoms with van der Waals surface area (Å²) in [6.07, 6.45) is 0. The average Bonchev–Trinajstić information content (AvgIpc) is 2.45. The first-order valence-electron chi connectivity index (χ1n) is 6.18. The van der Waals surface area contributed by atoms with E-state index < -0.39 is 5.97 Å². The van der Waals surface area contributed by atoms with Gasteiger partial charge in [-0.2, -0.15) is 5.26 Å². The Morgan fingerprint density at radius 1 is 1.25 bits per heavy atom. The van der Waals surface area contributed by atoms with Gasteiger partial charge in [0.15, 0.2) is 0 Å². The molecule has 0 aliphatic rings. The van der Waals surface area contributed by atoms with Gasteiger partial charge >= 0.3 is 5.97 Å². The molecule has 0 aliphatic carbocycles. The predicted molar refractivity (Wildman–Crippen MR) is 76.6 cm³/mol. The average molecular weight is 266 g/mol. The Morgan fingerprint density at radius 2 is 2.00 bits per heavy atom. The van der Waals surface area contributed by atoms with E-state index in [9.17, 15) is 4.79 Å². The van der Waals surface area contributed by atoms with Crippen molar-refractivity contribution in [3.05, 3.63) is 64.7 Å². The Labute approximate surface area is 117 Å². The third kappa shape index (κ3) is 2.78. The maximum Gasteiger partial charge on any atom is 0.336 e. The fraction of sp³-hybridized carbons (Fsp3) is 0.125. The Hall–Kier alpha value is -2.80. The summed E-state index contributed by atoms with van der Waals surface area (Å²) in [5, 5.41) is 21.4. The van der Waals surface area contributed by atoms with Crippen LogP contribution in [0.3, 0.4) is 0 Å². The SMILES string of the molecule is Cc1cccc(NCc2ccccc2C(=O)O)c1C#N. The maximum atomic E-state index is 11.1.